The highest BCUT2D eigenvalue weighted by molar-refractivity contribution is 5.61. The van der Waals surface area contributed by atoms with E-state index in [1.54, 1.807) is 6.20 Å². The van der Waals surface area contributed by atoms with Gasteiger partial charge in [-0.25, -0.2) is 4.98 Å². The third-order valence-corrected chi connectivity index (χ3v) is 3.37. The standard InChI is InChI=1S/C13H16N4/c1-9-16-13(10-3-2-6-15-7-10)12-5-4-11(14)8-17(9)12/h2-3,6-7,11H,4-5,8,14H2,1H3. The van der Waals surface area contributed by atoms with E-state index in [1.165, 1.54) is 5.69 Å². The first-order valence-corrected chi connectivity index (χ1v) is 5.97. The van der Waals surface area contributed by atoms with Crippen LogP contribution in [0.2, 0.25) is 0 Å². The van der Waals surface area contributed by atoms with E-state index in [2.05, 4.69) is 20.6 Å². The van der Waals surface area contributed by atoms with Crippen LogP contribution in [0.1, 0.15) is 17.9 Å². The summed E-state index contributed by atoms with van der Waals surface area (Å²) in [5.41, 5.74) is 9.48. The number of nitrogens with zero attached hydrogens (tertiary/aromatic N) is 3. The summed E-state index contributed by atoms with van der Waals surface area (Å²) < 4.78 is 2.25. The van der Waals surface area contributed by atoms with Crippen LogP contribution in [0.15, 0.2) is 24.5 Å². The Morgan fingerprint density at radius 1 is 1.47 bits per heavy atom. The maximum atomic E-state index is 6.01. The molecule has 17 heavy (non-hydrogen) atoms. The zero-order chi connectivity index (χ0) is 11.8. The smallest absolute Gasteiger partial charge is 0.106 e. The molecule has 4 heteroatoms. The van der Waals surface area contributed by atoms with Crippen molar-refractivity contribution in [3.05, 3.63) is 36.0 Å². The molecule has 2 aromatic rings. The van der Waals surface area contributed by atoms with E-state index in [0.717, 1.165) is 36.5 Å². The monoisotopic (exact) mass is 228 g/mol. The van der Waals surface area contributed by atoms with Crippen LogP contribution in [0.4, 0.5) is 0 Å². The Kier molecular flexibility index (Phi) is 2.44. The highest BCUT2D eigenvalue weighted by Gasteiger charge is 2.22. The molecular formula is C13H16N4. The first-order valence-electron chi connectivity index (χ1n) is 5.97. The van der Waals surface area contributed by atoms with Crippen molar-refractivity contribution in [2.45, 2.75) is 32.4 Å². The molecule has 1 aliphatic rings. The number of pyridine rings is 1. The summed E-state index contributed by atoms with van der Waals surface area (Å²) in [6, 6.07) is 4.27. The van der Waals surface area contributed by atoms with Crippen molar-refractivity contribution in [3.8, 4) is 11.3 Å². The highest BCUT2D eigenvalue weighted by Crippen LogP contribution is 2.27. The minimum absolute atomic E-state index is 0.261. The minimum atomic E-state index is 0.261. The lowest BCUT2D eigenvalue weighted by Crippen LogP contribution is -2.32. The number of fused-ring (bicyclic) bond motifs is 1. The molecule has 2 aromatic heterocycles. The molecular weight excluding hydrogens is 212 g/mol. The molecule has 0 fully saturated rings. The lowest BCUT2D eigenvalue weighted by molar-refractivity contribution is 0.454. The average Bonchev–Trinajstić information content (AvgIpc) is 2.68. The number of imidazole rings is 1. The van der Waals surface area contributed by atoms with E-state index >= 15 is 0 Å². The average molecular weight is 228 g/mol. The second-order valence-corrected chi connectivity index (χ2v) is 4.61. The molecule has 88 valence electrons. The molecule has 1 atom stereocenters. The summed E-state index contributed by atoms with van der Waals surface area (Å²) >= 11 is 0. The van der Waals surface area contributed by atoms with Crippen molar-refractivity contribution in [2.75, 3.05) is 0 Å². The fourth-order valence-corrected chi connectivity index (χ4v) is 2.49. The Balaban J connectivity index is 2.11. The molecule has 0 saturated carbocycles. The summed E-state index contributed by atoms with van der Waals surface area (Å²) in [6.07, 6.45) is 5.70. The Hall–Kier alpha value is -1.68. The first-order chi connectivity index (χ1) is 8.25. The van der Waals surface area contributed by atoms with Gasteiger partial charge < -0.3 is 10.3 Å². The van der Waals surface area contributed by atoms with Gasteiger partial charge in [0.15, 0.2) is 0 Å². The predicted molar refractivity (Wildman–Crippen MR) is 66.5 cm³/mol. The van der Waals surface area contributed by atoms with Crippen molar-refractivity contribution >= 4 is 0 Å². The first kappa shape index (κ1) is 10.5. The zero-order valence-corrected chi connectivity index (χ0v) is 9.93. The fourth-order valence-electron chi connectivity index (χ4n) is 2.49. The normalized spacial score (nSPS) is 19.1. The molecule has 0 radical (unpaired) electrons. The van der Waals surface area contributed by atoms with E-state index < -0.39 is 0 Å². The second-order valence-electron chi connectivity index (χ2n) is 4.61. The molecule has 4 nitrogen and oxygen atoms in total. The topological polar surface area (TPSA) is 56.7 Å². The van der Waals surface area contributed by atoms with Crippen LogP contribution in [0.5, 0.6) is 0 Å². The quantitative estimate of drug-likeness (QED) is 0.805. The van der Waals surface area contributed by atoms with Gasteiger partial charge in [0.25, 0.3) is 0 Å². The summed E-state index contributed by atoms with van der Waals surface area (Å²) in [4.78, 5) is 8.82. The number of rotatable bonds is 1. The predicted octanol–water partition coefficient (Wildman–Crippen LogP) is 1.53. The Bertz CT molecular complexity index is 530. The van der Waals surface area contributed by atoms with Gasteiger partial charge in [-0.05, 0) is 31.9 Å². The molecule has 1 unspecified atom stereocenters. The third kappa shape index (κ3) is 1.74. The number of nitrogens with two attached hydrogens (primary N) is 1. The van der Waals surface area contributed by atoms with Gasteiger partial charge in [-0.2, -0.15) is 0 Å². The number of aromatic nitrogens is 3. The fraction of sp³-hybridized carbons (Fsp3) is 0.385. The largest absolute Gasteiger partial charge is 0.330 e. The van der Waals surface area contributed by atoms with Crippen molar-refractivity contribution in [2.24, 2.45) is 5.73 Å². The van der Waals surface area contributed by atoms with Crippen LogP contribution in [-0.4, -0.2) is 20.6 Å². The van der Waals surface area contributed by atoms with Crippen LogP contribution in [-0.2, 0) is 13.0 Å². The Labute approximate surface area is 101 Å². The molecule has 0 aliphatic carbocycles. The molecule has 0 aromatic carbocycles. The maximum Gasteiger partial charge on any atom is 0.106 e. The third-order valence-electron chi connectivity index (χ3n) is 3.37. The van der Waals surface area contributed by atoms with Gasteiger partial charge in [-0.15, -0.1) is 0 Å². The van der Waals surface area contributed by atoms with E-state index in [4.69, 9.17) is 5.73 Å². The maximum absolute atomic E-state index is 6.01. The van der Waals surface area contributed by atoms with Crippen LogP contribution >= 0.6 is 0 Å². The van der Waals surface area contributed by atoms with E-state index in [9.17, 15) is 0 Å². The van der Waals surface area contributed by atoms with Gasteiger partial charge in [0.2, 0.25) is 0 Å². The van der Waals surface area contributed by atoms with Crippen molar-refractivity contribution in [3.63, 3.8) is 0 Å². The number of hydrogen-bond donors (Lipinski definition) is 1. The summed E-state index contributed by atoms with van der Waals surface area (Å²) in [5, 5.41) is 0. The molecule has 0 saturated heterocycles. The Morgan fingerprint density at radius 3 is 3.12 bits per heavy atom. The molecule has 0 bridgehead atoms. The Morgan fingerprint density at radius 2 is 2.35 bits per heavy atom. The summed E-state index contributed by atoms with van der Waals surface area (Å²) in [5.74, 6) is 1.05. The lowest BCUT2D eigenvalue weighted by atomic mass is 10.0. The molecule has 0 spiro atoms. The van der Waals surface area contributed by atoms with E-state index in [-0.39, 0.29) is 6.04 Å². The second kappa shape index (κ2) is 3.96. The van der Waals surface area contributed by atoms with Crippen LogP contribution in [0.3, 0.4) is 0 Å². The van der Waals surface area contributed by atoms with Gasteiger partial charge >= 0.3 is 0 Å². The number of aryl methyl sites for hydroxylation is 1. The number of hydrogen-bond acceptors (Lipinski definition) is 3. The molecule has 2 N–H and O–H groups in total. The SMILES string of the molecule is Cc1nc(-c2cccnc2)c2n1CC(N)CC2. The van der Waals surface area contributed by atoms with Crippen LogP contribution in [0, 0.1) is 6.92 Å². The highest BCUT2D eigenvalue weighted by atomic mass is 15.1. The van der Waals surface area contributed by atoms with E-state index in [0.29, 0.717) is 0 Å². The van der Waals surface area contributed by atoms with Gasteiger partial charge in [0.1, 0.15) is 5.82 Å². The van der Waals surface area contributed by atoms with Crippen molar-refractivity contribution in [1.29, 1.82) is 0 Å². The summed E-state index contributed by atoms with van der Waals surface area (Å²) in [7, 11) is 0. The zero-order valence-electron chi connectivity index (χ0n) is 9.93. The lowest BCUT2D eigenvalue weighted by Gasteiger charge is -2.22. The van der Waals surface area contributed by atoms with E-state index in [1.807, 2.05) is 19.2 Å². The van der Waals surface area contributed by atoms with Crippen LogP contribution in [0.25, 0.3) is 11.3 Å². The van der Waals surface area contributed by atoms with Gasteiger partial charge in [-0.3, -0.25) is 4.98 Å². The molecule has 3 rings (SSSR count). The van der Waals surface area contributed by atoms with Gasteiger partial charge in [0.05, 0.1) is 5.69 Å². The van der Waals surface area contributed by atoms with Crippen LogP contribution < -0.4 is 5.73 Å². The summed E-state index contributed by atoms with van der Waals surface area (Å²) in [6.45, 7) is 2.93. The van der Waals surface area contributed by atoms with Crippen molar-refractivity contribution in [1.82, 2.24) is 14.5 Å². The van der Waals surface area contributed by atoms with Gasteiger partial charge in [-0.1, -0.05) is 0 Å². The molecule has 0 amide bonds. The van der Waals surface area contributed by atoms with Crippen molar-refractivity contribution < 1.29 is 0 Å². The molecule has 3 heterocycles. The minimum Gasteiger partial charge on any atom is -0.330 e. The van der Waals surface area contributed by atoms with Gasteiger partial charge in [0, 0.05) is 36.2 Å². The molecule has 1 aliphatic heterocycles.